The van der Waals surface area contributed by atoms with Crippen molar-refractivity contribution in [3.05, 3.63) is 0 Å². The largest absolute Gasteiger partial charge is 0.366 e. The molecule has 0 saturated carbocycles. The maximum atomic E-state index is 10.6. The van der Waals surface area contributed by atoms with Gasteiger partial charge in [0.1, 0.15) is 5.41 Å². The van der Waals surface area contributed by atoms with Gasteiger partial charge in [0.05, 0.1) is 13.2 Å². The van der Waals surface area contributed by atoms with E-state index in [1.165, 1.54) is 0 Å². The van der Waals surface area contributed by atoms with Gasteiger partial charge in [-0.1, -0.05) is 0 Å². The van der Waals surface area contributed by atoms with Crippen LogP contribution < -0.4 is 0 Å². The summed E-state index contributed by atoms with van der Waals surface area (Å²) in [5.74, 6) is -1.80. The lowest BCUT2D eigenvalue weighted by Gasteiger charge is -2.38. The van der Waals surface area contributed by atoms with Gasteiger partial charge < -0.3 is 9.47 Å². The highest BCUT2D eigenvalue weighted by Gasteiger charge is 2.43. The molecule has 1 rings (SSSR count). The van der Waals surface area contributed by atoms with E-state index < -0.39 is 17.2 Å². The predicted octanol–water partition coefficient (Wildman–Crippen LogP) is 0.733. The standard InChI is InChI=1S/C8H13O4/c1-7(2)11-4-8(3,5-12-7)6(9)10/h4-5H2,1-3H3. The van der Waals surface area contributed by atoms with Gasteiger partial charge in [0.25, 0.3) is 0 Å². The lowest BCUT2D eigenvalue weighted by Crippen LogP contribution is -2.48. The Morgan fingerprint density at radius 3 is 1.92 bits per heavy atom. The SMILES string of the molecule is CC1(C)OCC(C)(C([O])=O)CO1. The van der Waals surface area contributed by atoms with E-state index in [-0.39, 0.29) is 13.2 Å². The Bertz CT molecular complexity index is 187. The van der Waals surface area contributed by atoms with Gasteiger partial charge in [-0.25, -0.2) is 9.90 Å². The zero-order valence-corrected chi connectivity index (χ0v) is 7.55. The first-order chi connectivity index (χ1) is 5.36. The Labute approximate surface area is 71.5 Å². The summed E-state index contributed by atoms with van der Waals surface area (Å²) < 4.78 is 10.4. The number of carbonyl (C=O) groups excluding carboxylic acids is 1. The van der Waals surface area contributed by atoms with Crippen molar-refractivity contribution < 1.29 is 19.4 Å². The highest BCUT2D eigenvalue weighted by Crippen LogP contribution is 2.29. The van der Waals surface area contributed by atoms with Gasteiger partial charge in [-0.15, -0.1) is 0 Å². The van der Waals surface area contributed by atoms with Crippen molar-refractivity contribution in [2.75, 3.05) is 13.2 Å². The molecular weight excluding hydrogens is 160 g/mol. The number of hydrogen-bond acceptors (Lipinski definition) is 3. The molecule has 0 atom stereocenters. The summed E-state index contributed by atoms with van der Waals surface area (Å²) in [6.45, 7) is 5.34. The summed E-state index contributed by atoms with van der Waals surface area (Å²) in [6.07, 6.45) is 0. The minimum Gasteiger partial charge on any atom is -0.349 e. The Morgan fingerprint density at radius 2 is 1.58 bits per heavy atom. The Hall–Kier alpha value is -0.610. The van der Waals surface area contributed by atoms with Crippen LogP contribution in [0.15, 0.2) is 0 Å². The maximum Gasteiger partial charge on any atom is 0.366 e. The molecule has 0 aromatic rings. The summed E-state index contributed by atoms with van der Waals surface area (Å²) in [6, 6.07) is 0. The predicted molar refractivity (Wildman–Crippen MR) is 39.8 cm³/mol. The molecule has 1 aliphatic rings. The highest BCUT2D eigenvalue weighted by atomic mass is 16.7. The quantitative estimate of drug-likeness (QED) is 0.587. The molecule has 4 heteroatoms. The molecule has 1 heterocycles. The van der Waals surface area contributed by atoms with E-state index in [0.717, 1.165) is 0 Å². The van der Waals surface area contributed by atoms with E-state index in [1.54, 1.807) is 20.8 Å². The molecule has 1 radical (unpaired) electrons. The van der Waals surface area contributed by atoms with Crippen LogP contribution in [0.2, 0.25) is 0 Å². The van der Waals surface area contributed by atoms with Crippen molar-refractivity contribution in [2.24, 2.45) is 5.41 Å². The summed E-state index contributed by atoms with van der Waals surface area (Å²) >= 11 is 0. The van der Waals surface area contributed by atoms with E-state index in [0.29, 0.717) is 0 Å². The first kappa shape index (κ1) is 9.48. The molecule has 1 saturated heterocycles. The molecule has 4 nitrogen and oxygen atoms in total. The number of carbonyl (C=O) groups is 1. The molecule has 1 fully saturated rings. The highest BCUT2D eigenvalue weighted by molar-refractivity contribution is 5.74. The molecule has 0 amide bonds. The summed E-state index contributed by atoms with van der Waals surface area (Å²) in [4.78, 5) is 10.6. The zero-order valence-electron chi connectivity index (χ0n) is 7.55. The fourth-order valence-corrected chi connectivity index (χ4v) is 0.867. The van der Waals surface area contributed by atoms with Crippen LogP contribution in [0.1, 0.15) is 20.8 Å². The van der Waals surface area contributed by atoms with Crippen LogP contribution in [0.3, 0.4) is 0 Å². The molecule has 0 unspecified atom stereocenters. The smallest absolute Gasteiger partial charge is 0.349 e. The van der Waals surface area contributed by atoms with Crippen LogP contribution in [0.5, 0.6) is 0 Å². The second-order valence-corrected chi connectivity index (χ2v) is 3.83. The normalized spacial score (nSPS) is 26.6. The molecule has 12 heavy (non-hydrogen) atoms. The van der Waals surface area contributed by atoms with Crippen molar-refractivity contribution in [3.8, 4) is 0 Å². The van der Waals surface area contributed by atoms with Crippen LogP contribution >= 0.6 is 0 Å². The molecule has 1 aliphatic heterocycles. The molecule has 0 aliphatic carbocycles. The lowest BCUT2D eigenvalue weighted by molar-refractivity contribution is -0.281. The van der Waals surface area contributed by atoms with Crippen LogP contribution in [0.25, 0.3) is 0 Å². The van der Waals surface area contributed by atoms with Crippen molar-refractivity contribution in [1.29, 1.82) is 0 Å². The first-order valence-corrected chi connectivity index (χ1v) is 3.85. The van der Waals surface area contributed by atoms with Gasteiger partial charge >= 0.3 is 5.97 Å². The lowest BCUT2D eigenvalue weighted by atomic mass is 9.92. The van der Waals surface area contributed by atoms with E-state index in [9.17, 15) is 9.90 Å². The molecule has 0 aromatic heterocycles. The second kappa shape index (κ2) is 2.71. The zero-order chi connectivity index (χ0) is 9.41. The van der Waals surface area contributed by atoms with Crippen molar-refractivity contribution in [2.45, 2.75) is 26.6 Å². The molecule has 0 N–H and O–H groups in total. The van der Waals surface area contributed by atoms with Gasteiger partial charge in [0.15, 0.2) is 5.79 Å². The van der Waals surface area contributed by atoms with E-state index in [1.807, 2.05) is 0 Å². The molecular formula is C8H13O4. The summed E-state index contributed by atoms with van der Waals surface area (Å²) in [7, 11) is 0. The van der Waals surface area contributed by atoms with Gasteiger partial charge in [0, 0.05) is 0 Å². The van der Waals surface area contributed by atoms with Crippen LogP contribution in [-0.4, -0.2) is 25.0 Å². The number of ether oxygens (including phenoxy) is 2. The molecule has 69 valence electrons. The maximum absolute atomic E-state index is 10.6. The van der Waals surface area contributed by atoms with Gasteiger partial charge in [-0.05, 0) is 20.8 Å². The Kier molecular flexibility index (Phi) is 2.14. The fraction of sp³-hybridized carbons (Fsp3) is 0.875. The van der Waals surface area contributed by atoms with Crippen LogP contribution in [-0.2, 0) is 19.4 Å². The average molecular weight is 173 g/mol. The van der Waals surface area contributed by atoms with Crippen LogP contribution in [0, 0.1) is 5.41 Å². The van der Waals surface area contributed by atoms with E-state index >= 15 is 0 Å². The average Bonchev–Trinajstić information content (AvgIpc) is 1.96. The molecule has 0 spiro atoms. The topological polar surface area (TPSA) is 55.4 Å². The van der Waals surface area contributed by atoms with Gasteiger partial charge in [-0.3, -0.25) is 0 Å². The number of rotatable bonds is 1. The van der Waals surface area contributed by atoms with Crippen molar-refractivity contribution >= 4 is 5.97 Å². The third kappa shape index (κ3) is 1.76. The third-order valence-corrected chi connectivity index (χ3v) is 1.97. The van der Waals surface area contributed by atoms with Gasteiger partial charge in [0.2, 0.25) is 0 Å². The molecule has 0 aromatic carbocycles. The minimum absolute atomic E-state index is 0.141. The van der Waals surface area contributed by atoms with Crippen molar-refractivity contribution in [3.63, 3.8) is 0 Å². The van der Waals surface area contributed by atoms with Crippen LogP contribution in [0.4, 0.5) is 0 Å². The fourth-order valence-electron chi connectivity index (χ4n) is 0.867. The first-order valence-electron chi connectivity index (χ1n) is 3.85. The minimum atomic E-state index is -1.13. The Balaban J connectivity index is 2.62. The van der Waals surface area contributed by atoms with E-state index in [4.69, 9.17) is 9.47 Å². The monoisotopic (exact) mass is 173 g/mol. The van der Waals surface area contributed by atoms with Gasteiger partial charge in [-0.2, -0.15) is 0 Å². The third-order valence-electron chi connectivity index (χ3n) is 1.97. The Morgan fingerprint density at radius 1 is 1.17 bits per heavy atom. The summed E-state index contributed by atoms with van der Waals surface area (Å²) in [5, 5.41) is 10.6. The number of hydrogen-bond donors (Lipinski definition) is 0. The molecule has 0 bridgehead atoms. The summed E-state index contributed by atoms with van der Waals surface area (Å²) in [5.41, 5.74) is -1.00. The second-order valence-electron chi connectivity index (χ2n) is 3.83. The van der Waals surface area contributed by atoms with E-state index in [2.05, 4.69) is 0 Å². The van der Waals surface area contributed by atoms with Crippen molar-refractivity contribution in [1.82, 2.24) is 0 Å².